The van der Waals surface area contributed by atoms with Gasteiger partial charge in [0.15, 0.2) is 0 Å². The van der Waals surface area contributed by atoms with E-state index in [1.807, 2.05) is 6.92 Å². The molecule has 0 aromatic heterocycles. The van der Waals surface area contributed by atoms with E-state index >= 15 is 0 Å². The van der Waals surface area contributed by atoms with Crippen LogP contribution < -0.4 is 0 Å². The largest absolute Gasteiger partial charge is 0.390 e. The van der Waals surface area contributed by atoms with E-state index in [0.717, 1.165) is 12.8 Å². The molecule has 12 heavy (non-hydrogen) atoms. The lowest BCUT2D eigenvalue weighted by Crippen LogP contribution is -2.53. The van der Waals surface area contributed by atoms with Crippen LogP contribution in [0.5, 0.6) is 0 Å². The fourth-order valence-electron chi connectivity index (χ4n) is 2.22. The lowest BCUT2D eigenvalue weighted by atomic mass is 9.85. The molecule has 2 N–H and O–H groups in total. The van der Waals surface area contributed by atoms with Crippen molar-refractivity contribution in [1.29, 1.82) is 0 Å². The normalized spacial score (nSPS) is 51.0. The maximum absolute atomic E-state index is 9.78. The second-order valence-electron chi connectivity index (χ2n) is 4.15. The first-order chi connectivity index (χ1) is 5.58. The smallest absolute Gasteiger partial charge is 0.106 e. The summed E-state index contributed by atoms with van der Waals surface area (Å²) < 4.78 is 5.54. The summed E-state index contributed by atoms with van der Waals surface area (Å²) in [5.41, 5.74) is -0.119. The summed E-state index contributed by atoms with van der Waals surface area (Å²) in [6, 6.07) is 0. The summed E-state index contributed by atoms with van der Waals surface area (Å²) in [6.07, 6.45) is 0.533. The van der Waals surface area contributed by atoms with Gasteiger partial charge in [-0.2, -0.15) is 0 Å². The number of aliphatic hydroxyl groups excluding tert-OH is 2. The van der Waals surface area contributed by atoms with Crippen molar-refractivity contribution in [1.82, 2.24) is 0 Å². The summed E-state index contributed by atoms with van der Waals surface area (Å²) in [4.78, 5) is 0. The summed E-state index contributed by atoms with van der Waals surface area (Å²) in [5, 5.41) is 19.3. The Morgan fingerprint density at radius 2 is 1.83 bits per heavy atom. The summed E-state index contributed by atoms with van der Waals surface area (Å²) in [6.45, 7) is 3.79. The third-order valence-corrected chi connectivity index (χ3v) is 3.45. The van der Waals surface area contributed by atoms with Crippen molar-refractivity contribution in [3.05, 3.63) is 0 Å². The van der Waals surface area contributed by atoms with Crippen LogP contribution in [0.4, 0.5) is 0 Å². The van der Waals surface area contributed by atoms with Gasteiger partial charge in [-0.1, -0.05) is 0 Å². The third kappa shape index (κ3) is 0.934. The first-order valence-electron chi connectivity index (χ1n) is 4.59. The van der Waals surface area contributed by atoms with Crippen molar-refractivity contribution >= 4 is 0 Å². The number of hydrogen-bond acceptors (Lipinski definition) is 3. The molecule has 1 aliphatic heterocycles. The molecule has 3 nitrogen and oxygen atoms in total. The van der Waals surface area contributed by atoms with E-state index in [4.69, 9.17) is 4.74 Å². The summed E-state index contributed by atoms with van der Waals surface area (Å²) in [5.74, 6) is 0. The molecule has 2 rings (SSSR count). The lowest BCUT2D eigenvalue weighted by molar-refractivity contribution is -0.198. The van der Waals surface area contributed by atoms with Gasteiger partial charge in [0.25, 0.3) is 0 Å². The van der Waals surface area contributed by atoms with Gasteiger partial charge >= 0.3 is 0 Å². The molecule has 0 aromatic carbocycles. The van der Waals surface area contributed by atoms with Crippen molar-refractivity contribution in [2.75, 3.05) is 0 Å². The number of rotatable bonds is 0. The molecule has 1 saturated heterocycles. The molecule has 0 bridgehead atoms. The Balaban J connectivity index is 2.17. The van der Waals surface area contributed by atoms with E-state index in [1.54, 1.807) is 6.92 Å². The second kappa shape index (κ2) is 2.44. The van der Waals surface area contributed by atoms with Crippen LogP contribution in [0.25, 0.3) is 0 Å². The Hall–Kier alpha value is -0.120. The van der Waals surface area contributed by atoms with Crippen LogP contribution in [-0.2, 0) is 4.74 Å². The predicted octanol–water partition coefficient (Wildman–Crippen LogP) is 0.296. The third-order valence-electron chi connectivity index (χ3n) is 3.45. The molecule has 1 unspecified atom stereocenters. The van der Waals surface area contributed by atoms with Crippen LogP contribution in [0.3, 0.4) is 0 Å². The fourth-order valence-corrected chi connectivity index (χ4v) is 2.22. The van der Waals surface area contributed by atoms with Gasteiger partial charge in [0.05, 0.1) is 18.3 Å². The highest BCUT2D eigenvalue weighted by Crippen LogP contribution is 2.56. The van der Waals surface area contributed by atoms with Crippen molar-refractivity contribution in [2.24, 2.45) is 5.41 Å². The summed E-state index contributed by atoms with van der Waals surface area (Å²) >= 11 is 0. The van der Waals surface area contributed by atoms with E-state index in [-0.39, 0.29) is 17.6 Å². The maximum atomic E-state index is 9.78. The molecule has 70 valence electrons. The molecule has 1 heterocycles. The zero-order chi connectivity index (χ0) is 8.93. The molecule has 0 amide bonds. The topological polar surface area (TPSA) is 49.7 Å². The Morgan fingerprint density at radius 1 is 1.25 bits per heavy atom. The van der Waals surface area contributed by atoms with Gasteiger partial charge < -0.3 is 14.9 Å². The number of hydrogen-bond donors (Lipinski definition) is 2. The molecule has 1 spiro atoms. The molecule has 2 fully saturated rings. The molecule has 0 aromatic rings. The van der Waals surface area contributed by atoms with Crippen molar-refractivity contribution in [2.45, 2.75) is 51.1 Å². The van der Waals surface area contributed by atoms with Gasteiger partial charge in [-0.05, 0) is 26.7 Å². The van der Waals surface area contributed by atoms with Gasteiger partial charge in [-0.15, -0.1) is 0 Å². The fraction of sp³-hybridized carbons (Fsp3) is 1.00. The molecule has 0 radical (unpaired) electrons. The minimum atomic E-state index is -0.705. The Kier molecular flexibility index (Phi) is 1.72. The van der Waals surface area contributed by atoms with E-state index in [0.29, 0.717) is 0 Å². The lowest BCUT2D eigenvalue weighted by Gasteiger charge is -2.41. The molecule has 4 atom stereocenters. The van der Waals surface area contributed by atoms with E-state index in [2.05, 4.69) is 0 Å². The Labute approximate surface area is 72.3 Å². The Bertz CT molecular complexity index is 188. The van der Waals surface area contributed by atoms with Crippen LogP contribution >= 0.6 is 0 Å². The van der Waals surface area contributed by atoms with Gasteiger partial charge in [-0.3, -0.25) is 0 Å². The molecule has 2 aliphatic rings. The highest BCUT2D eigenvalue weighted by atomic mass is 16.5. The zero-order valence-electron chi connectivity index (χ0n) is 7.53. The maximum Gasteiger partial charge on any atom is 0.106 e. The minimum absolute atomic E-state index is 0.0888. The number of aliphatic hydroxyl groups is 2. The van der Waals surface area contributed by atoms with Gasteiger partial charge in [0, 0.05) is 5.41 Å². The van der Waals surface area contributed by atoms with Crippen molar-refractivity contribution in [3.63, 3.8) is 0 Å². The SMILES string of the molecule is CC1O[C@H](C)[C@H](O)[C@H](O)C12CC2. The van der Waals surface area contributed by atoms with E-state index in [1.165, 1.54) is 0 Å². The second-order valence-corrected chi connectivity index (χ2v) is 4.15. The van der Waals surface area contributed by atoms with Crippen LogP contribution in [0, 0.1) is 5.41 Å². The van der Waals surface area contributed by atoms with Crippen molar-refractivity contribution in [3.8, 4) is 0 Å². The zero-order valence-corrected chi connectivity index (χ0v) is 7.53. The minimum Gasteiger partial charge on any atom is -0.390 e. The van der Waals surface area contributed by atoms with E-state index in [9.17, 15) is 10.2 Å². The van der Waals surface area contributed by atoms with Crippen LogP contribution in [0.15, 0.2) is 0 Å². The molecular formula is C9H16O3. The number of ether oxygens (including phenoxy) is 1. The first kappa shape index (κ1) is 8.48. The molecule has 1 saturated carbocycles. The average molecular weight is 172 g/mol. The highest BCUT2D eigenvalue weighted by Gasteiger charge is 2.59. The highest BCUT2D eigenvalue weighted by molar-refractivity contribution is 5.08. The average Bonchev–Trinajstić information content (AvgIpc) is 2.79. The van der Waals surface area contributed by atoms with Gasteiger partial charge in [-0.25, -0.2) is 0 Å². The van der Waals surface area contributed by atoms with Gasteiger partial charge in [0.2, 0.25) is 0 Å². The van der Waals surface area contributed by atoms with E-state index < -0.39 is 12.2 Å². The van der Waals surface area contributed by atoms with Crippen LogP contribution in [-0.4, -0.2) is 34.6 Å². The molecule has 1 aliphatic carbocycles. The molecular weight excluding hydrogens is 156 g/mol. The van der Waals surface area contributed by atoms with Crippen molar-refractivity contribution < 1.29 is 14.9 Å². The van der Waals surface area contributed by atoms with Gasteiger partial charge in [0.1, 0.15) is 6.10 Å². The quantitative estimate of drug-likeness (QED) is 0.552. The Morgan fingerprint density at radius 3 is 2.33 bits per heavy atom. The summed E-state index contributed by atoms with van der Waals surface area (Å²) in [7, 11) is 0. The van der Waals surface area contributed by atoms with Crippen LogP contribution in [0.1, 0.15) is 26.7 Å². The van der Waals surface area contributed by atoms with Crippen LogP contribution in [0.2, 0.25) is 0 Å². The standard InChI is InChI=1S/C9H16O3/c1-5-7(10)8(11)9(3-4-9)6(2)12-5/h5-8,10-11H,3-4H2,1-2H3/t5-,6?,7+,8+/m1/s1. The molecule has 3 heteroatoms. The first-order valence-corrected chi connectivity index (χ1v) is 4.59. The monoisotopic (exact) mass is 172 g/mol. The predicted molar refractivity (Wildman–Crippen MR) is 43.7 cm³/mol.